The number of halogens is 1. The maximum absolute atomic E-state index is 13.2. The van der Waals surface area contributed by atoms with E-state index < -0.39 is 0 Å². The summed E-state index contributed by atoms with van der Waals surface area (Å²) in [5.74, 6) is -0.270. The van der Waals surface area contributed by atoms with Crippen molar-refractivity contribution >= 4 is 17.7 Å². The molecule has 0 saturated heterocycles. The number of rotatable bonds is 6. The van der Waals surface area contributed by atoms with Gasteiger partial charge in [-0.3, -0.25) is 4.79 Å². The van der Waals surface area contributed by atoms with Crippen LogP contribution in [0.2, 0.25) is 0 Å². The topological polar surface area (TPSA) is 85.6 Å². The van der Waals surface area contributed by atoms with Crippen LogP contribution in [-0.4, -0.2) is 36.9 Å². The summed E-state index contributed by atoms with van der Waals surface area (Å²) in [5.41, 5.74) is 1.44. The van der Waals surface area contributed by atoms with Gasteiger partial charge in [-0.25, -0.2) is 19.0 Å². The molecular formula is C17H17FN6OS. The molecule has 0 saturated carbocycles. The Labute approximate surface area is 154 Å². The highest BCUT2D eigenvalue weighted by atomic mass is 32.2. The highest BCUT2D eigenvalue weighted by Crippen LogP contribution is 2.23. The summed E-state index contributed by atoms with van der Waals surface area (Å²) in [7, 11) is 0. The van der Waals surface area contributed by atoms with Gasteiger partial charge >= 0.3 is 0 Å². The summed E-state index contributed by atoms with van der Waals surface area (Å²) < 4.78 is 14.8. The largest absolute Gasteiger partial charge is 0.348 e. The number of hydrogen-bond donors (Lipinski definition) is 1. The number of benzene rings is 1. The lowest BCUT2D eigenvalue weighted by atomic mass is 10.2. The van der Waals surface area contributed by atoms with Crippen molar-refractivity contribution in [3.63, 3.8) is 0 Å². The Bertz CT molecular complexity index is 882. The van der Waals surface area contributed by atoms with Crippen LogP contribution in [0.15, 0.2) is 47.9 Å². The molecule has 0 unspecified atom stereocenters. The highest BCUT2D eigenvalue weighted by molar-refractivity contribution is 7.98. The second-order valence-corrected chi connectivity index (χ2v) is 6.66. The van der Waals surface area contributed by atoms with E-state index in [1.54, 1.807) is 30.6 Å². The number of amides is 1. The minimum absolute atomic E-state index is 0.0311. The molecule has 3 rings (SSSR count). The molecule has 2 aromatic heterocycles. The van der Waals surface area contributed by atoms with Crippen LogP contribution in [0.4, 0.5) is 4.39 Å². The van der Waals surface area contributed by atoms with Crippen LogP contribution in [0, 0.1) is 5.82 Å². The summed E-state index contributed by atoms with van der Waals surface area (Å²) in [6, 6.07) is 7.54. The number of aromatic nitrogens is 5. The van der Waals surface area contributed by atoms with E-state index in [0.29, 0.717) is 22.3 Å². The molecule has 1 N–H and O–H groups in total. The van der Waals surface area contributed by atoms with E-state index in [0.717, 1.165) is 0 Å². The zero-order valence-electron chi connectivity index (χ0n) is 14.3. The van der Waals surface area contributed by atoms with E-state index in [9.17, 15) is 9.18 Å². The first-order valence-electron chi connectivity index (χ1n) is 7.96. The summed E-state index contributed by atoms with van der Waals surface area (Å²) in [4.78, 5) is 20.8. The van der Waals surface area contributed by atoms with Crippen LogP contribution in [0.3, 0.4) is 0 Å². The van der Waals surface area contributed by atoms with Crippen molar-refractivity contribution in [3.05, 3.63) is 59.9 Å². The van der Waals surface area contributed by atoms with Crippen LogP contribution < -0.4 is 5.32 Å². The van der Waals surface area contributed by atoms with Crippen molar-refractivity contribution < 1.29 is 9.18 Å². The Kier molecular flexibility index (Phi) is 5.57. The molecule has 26 heavy (non-hydrogen) atoms. The standard InChI is InChI=1S/C17H17FN6OS/c1-11(2)21-16(25)15-14(10-26-17-19-8-3-9-20-17)24(23-22-15)13-6-4-12(18)5-7-13/h3-9,11H,10H2,1-2H3,(H,21,25). The van der Waals surface area contributed by atoms with Gasteiger partial charge in [0.1, 0.15) is 5.82 Å². The summed E-state index contributed by atoms with van der Waals surface area (Å²) in [6.45, 7) is 3.74. The Morgan fingerprint density at radius 2 is 1.92 bits per heavy atom. The molecule has 0 radical (unpaired) electrons. The SMILES string of the molecule is CC(C)NC(=O)c1nnn(-c2ccc(F)cc2)c1CSc1ncccn1. The fourth-order valence-electron chi connectivity index (χ4n) is 2.22. The van der Waals surface area contributed by atoms with Crippen molar-refractivity contribution in [1.82, 2.24) is 30.3 Å². The monoisotopic (exact) mass is 372 g/mol. The number of carbonyl (C=O) groups excluding carboxylic acids is 1. The van der Waals surface area contributed by atoms with Gasteiger partial charge in [-0.05, 0) is 44.2 Å². The Morgan fingerprint density at radius 3 is 2.58 bits per heavy atom. The van der Waals surface area contributed by atoms with Crippen molar-refractivity contribution in [1.29, 1.82) is 0 Å². The molecule has 0 aliphatic rings. The van der Waals surface area contributed by atoms with Gasteiger partial charge in [0.15, 0.2) is 10.9 Å². The Morgan fingerprint density at radius 1 is 1.23 bits per heavy atom. The maximum Gasteiger partial charge on any atom is 0.274 e. The molecule has 1 aromatic carbocycles. The molecule has 1 amide bonds. The number of nitrogens with zero attached hydrogens (tertiary/aromatic N) is 5. The molecule has 0 bridgehead atoms. The average molecular weight is 372 g/mol. The van der Waals surface area contributed by atoms with Gasteiger partial charge in [0, 0.05) is 24.2 Å². The molecule has 3 aromatic rings. The zero-order valence-corrected chi connectivity index (χ0v) is 15.1. The molecule has 0 aliphatic carbocycles. The third kappa shape index (κ3) is 4.23. The molecule has 2 heterocycles. The maximum atomic E-state index is 13.2. The van der Waals surface area contributed by atoms with Gasteiger partial charge in [0.2, 0.25) is 0 Å². The van der Waals surface area contributed by atoms with E-state index in [2.05, 4.69) is 25.6 Å². The first-order chi connectivity index (χ1) is 12.5. The quantitative estimate of drug-likeness (QED) is 0.529. The molecule has 9 heteroatoms. The van der Waals surface area contributed by atoms with Crippen molar-refractivity contribution in [2.75, 3.05) is 0 Å². The third-order valence-electron chi connectivity index (χ3n) is 3.35. The summed E-state index contributed by atoms with van der Waals surface area (Å²) >= 11 is 1.36. The van der Waals surface area contributed by atoms with Crippen molar-refractivity contribution in [2.24, 2.45) is 0 Å². The molecular weight excluding hydrogens is 355 g/mol. The normalized spacial score (nSPS) is 10.9. The van der Waals surface area contributed by atoms with Gasteiger partial charge in [-0.1, -0.05) is 17.0 Å². The van der Waals surface area contributed by atoms with Crippen LogP contribution >= 0.6 is 11.8 Å². The summed E-state index contributed by atoms with van der Waals surface area (Å²) in [6.07, 6.45) is 3.30. The molecule has 0 atom stereocenters. The number of carbonyl (C=O) groups is 1. The van der Waals surface area contributed by atoms with Gasteiger partial charge in [-0.2, -0.15) is 0 Å². The highest BCUT2D eigenvalue weighted by Gasteiger charge is 2.21. The molecule has 0 aliphatic heterocycles. The minimum Gasteiger partial charge on any atom is -0.348 e. The van der Waals surface area contributed by atoms with Gasteiger partial charge in [0.25, 0.3) is 5.91 Å². The van der Waals surface area contributed by atoms with E-state index in [4.69, 9.17) is 0 Å². The lowest BCUT2D eigenvalue weighted by Crippen LogP contribution is -2.31. The predicted molar refractivity (Wildman–Crippen MR) is 95.5 cm³/mol. The number of hydrogen-bond acceptors (Lipinski definition) is 6. The van der Waals surface area contributed by atoms with E-state index >= 15 is 0 Å². The van der Waals surface area contributed by atoms with Crippen LogP contribution in [0.25, 0.3) is 5.69 Å². The summed E-state index contributed by atoms with van der Waals surface area (Å²) in [5, 5.41) is 11.5. The van der Waals surface area contributed by atoms with Crippen molar-refractivity contribution in [2.45, 2.75) is 30.8 Å². The number of nitrogens with one attached hydrogen (secondary N) is 1. The first-order valence-corrected chi connectivity index (χ1v) is 8.94. The van der Waals surface area contributed by atoms with Gasteiger partial charge < -0.3 is 5.32 Å². The van der Waals surface area contributed by atoms with E-state index in [1.807, 2.05) is 13.8 Å². The van der Waals surface area contributed by atoms with E-state index in [1.165, 1.54) is 28.6 Å². The Balaban J connectivity index is 1.94. The first kappa shape index (κ1) is 18.0. The second kappa shape index (κ2) is 8.05. The zero-order chi connectivity index (χ0) is 18.5. The van der Waals surface area contributed by atoms with Crippen LogP contribution in [0.1, 0.15) is 30.0 Å². The van der Waals surface area contributed by atoms with Gasteiger partial charge in [-0.15, -0.1) is 5.10 Å². The fraction of sp³-hybridized carbons (Fsp3) is 0.235. The molecule has 7 nitrogen and oxygen atoms in total. The molecule has 0 spiro atoms. The van der Waals surface area contributed by atoms with Crippen LogP contribution in [-0.2, 0) is 5.75 Å². The molecule has 134 valence electrons. The average Bonchev–Trinajstić information content (AvgIpc) is 3.05. The third-order valence-corrected chi connectivity index (χ3v) is 4.24. The minimum atomic E-state index is -0.347. The Hall–Kier alpha value is -2.81. The van der Waals surface area contributed by atoms with Gasteiger partial charge in [0.05, 0.1) is 11.4 Å². The second-order valence-electron chi connectivity index (χ2n) is 5.72. The lowest BCUT2D eigenvalue weighted by molar-refractivity contribution is 0.0937. The fourth-order valence-corrected chi connectivity index (χ4v) is 3.02. The van der Waals surface area contributed by atoms with Crippen LogP contribution in [0.5, 0.6) is 0 Å². The van der Waals surface area contributed by atoms with E-state index in [-0.39, 0.29) is 23.5 Å². The van der Waals surface area contributed by atoms with Crippen molar-refractivity contribution in [3.8, 4) is 5.69 Å². The predicted octanol–water partition coefficient (Wildman–Crippen LogP) is 2.63. The smallest absolute Gasteiger partial charge is 0.274 e. The molecule has 0 fully saturated rings. The number of thioether (sulfide) groups is 1. The lowest BCUT2D eigenvalue weighted by Gasteiger charge is -2.09.